The molecule has 6 heteroatoms. The third kappa shape index (κ3) is 3.22. The zero-order chi connectivity index (χ0) is 13.1. The topological polar surface area (TPSA) is 37.4 Å². The first kappa shape index (κ1) is 15.0. The molecule has 1 rings (SSSR count). The molecule has 1 aromatic rings. The van der Waals surface area contributed by atoms with Gasteiger partial charge in [-0.25, -0.2) is 8.42 Å². The van der Waals surface area contributed by atoms with Gasteiger partial charge in [0.1, 0.15) is 4.21 Å². The van der Waals surface area contributed by atoms with Gasteiger partial charge in [-0.3, -0.25) is 0 Å². The molecule has 0 saturated carbocycles. The third-order valence-corrected chi connectivity index (χ3v) is 6.56. The lowest BCUT2D eigenvalue weighted by Crippen LogP contribution is -2.35. The molecule has 0 atom stereocenters. The molecule has 0 aliphatic heterocycles. The van der Waals surface area contributed by atoms with E-state index in [4.69, 9.17) is 11.6 Å². The second-order valence-corrected chi connectivity index (χ2v) is 7.30. The fraction of sp³-hybridized carbons (Fsp3) is 0.636. The number of halogens is 1. The van der Waals surface area contributed by atoms with E-state index in [0.717, 1.165) is 18.4 Å². The van der Waals surface area contributed by atoms with Crippen molar-refractivity contribution in [3.63, 3.8) is 0 Å². The molecule has 0 fully saturated rings. The lowest BCUT2D eigenvalue weighted by atomic mass is 10.2. The van der Waals surface area contributed by atoms with Crippen LogP contribution in [0.4, 0.5) is 0 Å². The highest BCUT2D eigenvalue weighted by Crippen LogP contribution is 2.26. The second kappa shape index (κ2) is 6.18. The zero-order valence-corrected chi connectivity index (χ0v) is 12.7. The maximum absolute atomic E-state index is 12.3. The quantitative estimate of drug-likeness (QED) is 0.755. The summed E-state index contributed by atoms with van der Waals surface area (Å²) in [4.78, 5) is 0. The first-order valence-corrected chi connectivity index (χ1v) is 8.44. The van der Waals surface area contributed by atoms with E-state index >= 15 is 0 Å². The molecule has 0 aliphatic rings. The zero-order valence-electron chi connectivity index (χ0n) is 10.3. The minimum atomic E-state index is -3.36. The number of hydrogen-bond acceptors (Lipinski definition) is 3. The number of alkyl halides is 1. The predicted octanol–water partition coefficient (Wildman–Crippen LogP) is 3.30. The Morgan fingerprint density at radius 2 is 2.00 bits per heavy atom. The largest absolute Gasteiger partial charge is 0.252 e. The maximum atomic E-state index is 12.3. The average Bonchev–Trinajstić information content (AvgIpc) is 2.79. The minimum Gasteiger partial charge on any atom is -0.206 e. The van der Waals surface area contributed by atoms with E-state index in [-0.39, 0.29) is 6.04 Å². The maximum Gasteiger partial charge on any atom is 0.252 e. The van der Waals surface area contributed by atoms with Crippen LogP contribution in [0.15, 0.2) is 15.7 Å². The van der Waals surface area contributed by atoms with Crippen molar-refractivity contribution in [3.8, 4) is 0 Å². The molecule has 0 spiro atoms. The summed E-state index contributed by atoms with van der Waals surface area (Å²) in [6.45, 7) is 4.00. The van der Waals surface area contributed by atoms with Gasteiger partial charge in [0.15, 0.2) is 0 Å². The first-order chi connectivity index (χ1) is 7.97. The van der Waals surface area contributed by atoms with E-state index in [2.05, 4.69) is 0 Å². The smallest absolute Gasteiger partial charge is 0.206 e. The normalized spacial score (nSPS) is 12.6. The van der Waals surface area contributed by atoms with Crippen LogP contribution in [0.25, 0.3) is 0 Å². The molecule has 0 aliphatic carbocycles. The van der Waals surface area contributed by atoms with Crippen LogP contribution in [-0.4, -0.2) is 25.8 Å². The van der Waals surface area contributed by atoms with Gasteiger partial charge in [0.2, 0.25) is 0 Å². The Bertz CT molecular complexity index is 452. The second-order valence-electron chi connectivity index (χ2n) is 3.90. The van der Waals surface area contributed by atoms with E-state index in [1.54, 1.807) is 18.5 Å². The number of rotatable bonds is 6. The van der Waals surface area contributed by atoms with Crippen LogP contribution in [0.3, 0.4) is 0 Å². The van der Waals surface area contributed by atoms with E-state index in [1.165, 1.54) is 15.6 Å². The summed E-state index contributed by atoms with van der Waals surface area (Å²) in [5.41, 5.74) is 0.855. The Labute approximate surface area is 112 Å². The van der Waals surface area contributed by atoms with Gasteiger partial charge in [-0.05, 0) is 29.9 Å². The fourth-order valence-corrected chi connectivity index (χ4v) is 4.84. The molecule has 0 radical (unpaired) electrons. The van der Waals surface area contributed by atoms with Gasteiger partial charge in [-0.15, -0.1) is 22.9 Å². The van der Waals surface area contributed by atoms with Crippen molar-refractivity contribution in [2.45, 2.75) is 42.8 Å². The lowest BCUT2D eigenvalue weighted by Gasteiger charge is -2.24. The van der Waals surface area contributed by atoms with Crippen molar-refractivity contribution < 1.29 is 8.42 Å². The van der Waals surface area contributed by atoms with Crippen molar-refractivity contribution in [3.05, 3.63) is 17.0 Å². The molecule has 0 N–H and O–H groups in total. The van der Waals surface area contributed by atoms with E-state index in [9.17, 15) is 8.42 Å². The first-order valence-electron chi connectivity index (χ1n) is 5.58. The predicted molar refractivity (Wildman–Crippen MR) is 73.2 cm³/mol. The Morgan fingerprint density at radius 3 is 2.41 bits per heavy atom. The molecular formula is C11H18ClNO2S2. The van der Waals surface area contributed by atoms with Crippen LogP contribution >= 0.6 is 22.9 Å². The molecule has 3 nitrogen and oxygen atoms in total. The Morgan fingerprint density at radius 1 is 1.41 bits per heavy atom. The monoisotopic (exact) mass is 295 g/mol. The number of hydrogen-bond donors (Lipinski definition) is 0. The van der Waals surface area contributed by atoms with Crippen molar-refractivity contribution in [1.82, 2.24) is 4.31 Å². The molecule has 0 unspecified atom stereocenters. The van der Waals surface area contributed by atoms with Gasteiger partial charge in [0, 0.05) is 19.0 Å². The van der Waals surface area contributed by atoms with Crippen LogP contribution < -0.4 is 0 Å². The molecule has 17 heavy (non-hydrogen) atoms. The molecule has 0 aromatic carbocycles. The van der Waals surface area contributed by atoms with E-state index in [1.807, 2.05) is 13.8 Å². The summed E-state index contributed by atoms with van der Waals surface area (Å²) < 4.78 is 26.5. The molecule has 0 amide bonds. The van der Waals surface area contributed by atoms with Gasteiger partial charge in [-0.1, -0.05) is 13.8 Å². The third-order valence-electron chi connectivity index (χ3n) is 2.87. The van der Waals surface area contributed by atoms with Crippen LogP contribution in [0.1, 0.15) is 32.3 Å². The van der Waals surface area contributed by atoms with Gasteiger partial charge in [-0.2, -0.15) is 4.31 Å². The summed E-state index contributed by atoms with van der Waals surface area (Å²) in [6.07, 6.45) is 1.64. The number of sulfonamides is 1. The minimum absolute atomic E-state index is 0.0570. The van der Waals surface area contributed by atoms with Crippen molar-refractivity contribution in [2.75, 3.05) is 7.05 Å². The van der Waals surface area contributed by atoms with Crippen molar-refractivity contribution in [1.29, 1.82) is 0 Å². The molecule has 98 valence electrons. The average molecular weight is 296 g/mol. The summed E-state index contributed by atoms with van der Waals surface area (Å²) in [6, 6.07) is 1.72. The van der Waals surface area contributed by atoms with Gasteiger partial charge >= 0.3 is 0 Å². The lowest BCUT2D eigenvalue weighted by molar-refractivity contribution is 0.350. The SMILES string of the molecule is CCC(CC)N(C)S(=O)(=O)c1cc(CCl)cs1. The summed E-state index contributed by atoms with van der Waals surface area (Å²) >= 11 is 6.92. The molecular weight excluding hydrogens is 278 g/mol. The van der Waals surface area contributed by atoms with E-state index in [0.29, 0.717) is 10.1 Å². The summed E-state index contributed by atoms with van der Waals surface area (Å²) in [7, 11) is -1.71. The van der Waals surface area contributed by atoms with Gasteiger partial charge < -0.3 is 0 Å². The van der Waals surface area contributed by atoms with Crippen LogP contribution in [0, 0.1) is 0 Å². The molecule has 1 aromatic heterocycles. The molecule has 0 saturated heterocycles. The highest BCUT2D eigenvalue weighted by molar-refractivity contribution is 7.91. The highest BCUT2D eigenvalue weighted by atomic mass is 35.5. The van der Waals surface area contributed by atoms with Crippen LogP contribution in [-0.2, 0) is 15.9 Å². The number of nitrogens with zero attached hydrogens (tertiary/aromatic N) is 1. The van der Waals surface area contributed by atoms with Gasteiger partial charge in [0.05, 0.1) is 0 Å². The Hall–Kier alpha value is -0.100. The summed E-state index contributed by atoms with van der Waals surface area (Å²) in [5.74, 6) is 0.348. The fourth-order valence-electron chi connectivity index (χ4n) is 1.70. The van der Waals surface area contributed by atoms with Crippen LogP contribution in [0.2, 0.25) is 0 Å². The highest BCUT2D eigenvalue weighted by Gasteiger charge is 2.27. The van der Waals surface area contributed by atoms with Crippen molar-refractivity contribution in [2.24, 2.45) is 0 Å². The van der Waals surface area contributed by atoms with Gasteiger partial charge in [0.25, 0.3) is 10.0 Å². The molecule has 0 bridgehead atoms. The number of thiophene rings is 1. The Balaban J connectivity index is 3.01. The van der Waals surface area contributed by atoms with Crippen molar-refractivity contribution >= 4 is 33.0 Å². The van der Waals surface area contributed by atoms with Crippen LogP contribution in [0.5, 0.6) is 0 Å². The Kier molecular flexibility index (Phi) is 5.44. The van der Waals surface area contributed by atoms with E-state index < -0.39 is 10.0 Å². The standard InChI is InChI=1S/C11H18ClNO2S2/c1-4-10(5-2)13(3)17(14,15)11-6-9(7-12)8-16-11/h6,8,10H,4-5,7H2,1-3H3. The molecule has 1 heterocycles. The summed E-state index contributed by atoms with van der Waals surface area (Å²) in [5, 5.41) is 1.79.